The molecular weight excluding hydrogens is 595 g/mol. The predicted molar refractivity (Wildman–Crippen MR) is 157 cm³/mol. The van der Waals surface area contributed by atoms with Gasteiger partial charge in [-0.05, 0) is 63.1 Å². The summed E-state index contributed by atoms with van der Waals surface area (Å²) in [6, 6.07) is 6.06. The Kier molecular flexibility index (Phi) is 8.92. The van der Waals surface area contributed by atoms with E-state index in [1.54, 1.807) is 19.9 Å². The molecule has 2 aliphatic heterocycles. The summed E-state index contributed by atoms with van der Waals surface area (Å²) >= 11 is 0. The number of piperidine rings is 1. The maximum atomic E-state index is 14.7. The van der Waals surface area contributed by atoms with E-state index in [1.807, 2.05) is 11.8 Å². The summed E-state index contributed by atoms with van der Waals surface area (Å²) in [5.41, 5.74) is 6.04. The van der Waals surface area contributed by atoms with E-state index < -0.39 is 30.3 Å². The number of anilines is 2. The summed E-state index contributed by atoms with van der Waals surface area (Å²) in [5, 5.41) is 17.1. The number of aromatic nitrogens is 4. The predicted octanol–water partition coefficient (Wildman–Crippen LogP) is 4.22. The summed E-state index contributed by atoms with van der Waals surface area (Å²) in [6.07, 6.45) is -3.27. The van der Waals surface area contributed by atoms with Crippen molar-refractivity contribution in [3.8, 4) is 11.6 Å². The van der Waals surface area contributed by atoms with Crippen LogP contribution in [0.15, 0.2) is 36.5 Å². The van der Waals surface area contributed by atoms with E-state index in [1.165, 1.54) is 29.1 Å². The van der Waals surface area contributed by atoms with E-state index >= 15 is 0 Å². The molecule has 2 unspecified atom stereocenters. The number of benzene rings is 1. The van der Waals surface area contributed by atoms with Crippen LogP contribution in [0, 0.1) is 12.3 Å². The highest BCUT2D eigenvalue weighted by Crippen LogP contribution is 2.46. The summed E-state index contributed by atoms with van der Waals surface area (Å²) in [7, 11) is 0. The molecule has 2 aliphatic rings. The number of hydrogen-bond acceptors (Lipinski definition) is 10. The molecule has 5 rings (SSSR count). The first-order valence-corrected chi connectivity index (χ1v) is 14.8. The third-order valence-corrected chi connectivity index (χ3v) is 8.58. The van der Waals surface area contributed by atoms with Gasteiger partial charge in [-0.2, -0.15) is 28.2 Å². The Bertz CT molecular complexity index is 1550. The van der Waals surface area contributed by atoms with E-state index in [-0.39, 0.29) is 46.7 Å². The van der Waals surface area contributed by atoms with Crippen molar-refractivity contribution in [3.63, 3.8) is 0 Å². The Morgan fingerprint density at radius 2 is 1.91 bits per heavy atom. The fraction of sp³-hybridized carbons (Fsp3) is 0.500. The lowest BCUT2D eigenvalue weighted by atomic mass is 9.71. The van der Waals surface area contributed by atoms with Crippen molar-refractivity contribution in [1.82, 2.24) is 25.1 Å². The first-order valence-electron chi connectivity index (χ1n) is 14.8. The SMILES string of the molecule is CCOC(=O)c1ccc([C@@H](Oc2cc(N3CCC4(CC3)CC(C(=O)O)NC4CC)nc(N)n2)C(F)(F)F)c(-n2ccc(C)n2)c1. The van der Waals surface area contributed by atoms with Crippen molar-refractivity contribution in [2.45, 2.75) is 70.8 Å². The summed E-state index contributed by atoms with van der Waals surface area (Å²) in [6.45, 7) is 6.43. The molecule has 3 atom stereocenters. The monoisotopic (exact) mass is 631 g/mol. The van der Waals surface area contributed by atoms with Crippen LogP contribution in [0.2, 0.25) is 0 Å². The van der Waals surface area contributed by atoms with Crippen LogP contribution in [0.3, 0.4) is 0 Å². The minimum atomic E-state index is -4.90. The minimum absolute atomic E-state index is 0.0186. The smallest absolute Gasteiger partial charge is 0.429 e. The molecule has 2 fully saturated rings. The third kappa shape index (κ3) is 6.67. The summed E-state index contributed by atoms with van der Waals surface area (Å²) in [4.78, 5) is 34.2. The van der Waals surface area contributed by atoms with E-state index in [9.17, 15) is 27.9 Å². The van der Waals surface area contributed by atoms with Crippen LogP contribution < -0.4 is 20.7 Å². The second-order valence-corrected chi connectivity index (χ2v) is 11.4. The molecule has 2 saturated heterocycles. The van der Waals surface area contributed by atoms with Crippen LogP contribution in [-0.4, -0.2) is 74.7 Å². The Hall–Kier alpha value is -4.40. The highest BCUT2D eigenvalue weighted by molar-refractivity contribution is 5.90. The third-order valence-electron chi connectivity index (χ3n) is 8.58. The fourth-order valence-electron chi connectivity index (χ4n) is 6.40. The summed E-state index contributed by atoms with van der Waals surface area (Å²) in [5.74, 6) is -1.89. The highest BCUT2D eigenvalue weighted by atomic mass is 19.4. The number of ether oxygens (including phenoxy) is 2. The fourth-order valence-corrected chi connectivity index (χ4v) is 6.40. The maximum absolute atomic E-state index is 14.7. The van der Waals surface area contributed by atoms with Gasteiger partial charge in [0.15, 0.2) is 0 Å². The van der Waals surface area contributed by atoms with Gasteiger partial charge in [-0.3, -0.25) is 4.79 Å². The van der Waals surface area contributed by atoms with Gasteiger partial charge in [0, 0.05) is 37.0 Å². The number of nitrogens with zero attached hydrogens (tertiary/aromatic N) is 5. The number of halogens is 3. The van der Waals surface area contributed by atoms with Crippen molar-refractivity contribution in [1.29, 1.82) is 0 Å². The van der Waals surface area contributed by atoms with Crippen LogP contribution in [0.1, 0.15) is 67.3 Å². The molecule has 4 heterocycles. The number of nitrogen functional groups attached to an aromatic ring is 1. The van der Waals surface area contributed by atoms with Gasteiger partial charge in [0.1, 0.15) is 11.9 Å². The van der Waals surface area contributed by atoms with Gasteiger partial charge >= 0.3 is 18.1 Å². The molecule has 3 aromatic rings. The number of carbonyl (C=O) groups is 2. The number of esters is 1. The normalized spacial score (nSPS) is 20.3. The lowest BCUT2D eigenvalue weighted by molar-refractivity contribution is -0.198. The number of carboxylic acids is 1. The zero-order chi connectivity index (χ0) is 32.5. The van der Waals surface area contributed by atoms with Crippen molar-refractivity contribution in [2.75, 3.05) is 30.3 Å². The molecule has 0 saturated carbocycles. The number of nitrogens with one attached hydrogen (secondary N) is 1. The van der Waals surface area contributed by atoms with Gasteiger partial charge in [0.05, 0.1) is 23.6 Å². The molecule has 0 aliphatic carbocycles. The van der Waals surface area contributed by atoms with E-state index in [0.717, 1.165) is 12.5 Å². The molecule has 12 nitrogen and oxygen atoms in total. The number of rotatable bonds is 9. The molecule has 0 bridgehead atoms. The van der Waals surface area contributed by atoms with Crippen LogP contribution in [0.5, 0.6) is 5.88 Å². The lowest BCUT2D eigenvalue weighted by Crippen LogP contribution is -2.46. The van der Waals surface area contributed by atoms with Crippen LogP contribution in [0.25, 0.3) is 5.69 Å². The van der Waals surface area contributed by atoms with Crippen LogP contribution >= 0.6 is 0 Å². The van der Waals surface area contributed by atoms with E-state index in [0.29, 0.717) is 43.9 Å². The molecule has 1 spiro atoms. The van der Waals surface area contributed by atoms with Gasteiger partial charge in [0.2, 0.25) is 17.9 Å². The second kappa shape index (κ2) is 12.5. The second-order valence-electron chi connectivity index (χ2n) is 11.4. The number of aliphatic carboxylic acids is 1. The lowest BCUT2D eigenvalue weighted by Gasteiger charge is -2.43. The number of carboxylic acid groups (broad SMARTS) is 1. The van der Waals surface area contributed by atoms with Crippen LogP contribution in [0.4, 0.5) is 24.9 Å². The molecule has 0 radical (unpaired) electrons. The largest absolute Gasteiger partial charge is 0.480 e. The molecule has 0 amide bonds. The number of alkyl halides is 3. The molecule has 2 aromatic heterocycles. The Labute approximate surface area is 257 Å². The zero-order valence-corrected chi connectivity index (χ0v) is 25.2. The van der Waals surface area contributed by atoms with Gasteiger partial charge in [-0.25, -0.2) is 9.48 Å². The first-order chi connectivity index (χ1) is 21.3. The Morgan fingerprint density at radius 1 is 1.18 bits per heavy atom. The Morgan fingerprint density at radius 3 is 2.51 bits per heavy atom. The molecule has 1 aromatic carbocycles. The quantitative estimate of drug-likeness (QED) is 0.290. The average molecular weight is 632 g/mol. The first kappa shape index (κ1) is 32.0. The van der Waals surface area contributed by atoms with Crippen molar-refractivity contribution >= 4 is 23.7 Å². The van der Waals surface area contributed by atoms with Gasteiger partial charge in [-0.15, -0.1) is 0 Å². The number of carbonyl (C=O) groups excluding carboxylic acids is 1. The highest BCUT2D eigenvalue weighted by Gasteiger charge is 2.50. The molecule has 4 N–H and O–H groups in total. The van der Waals surface area contributed by atoms with Gasteiger partial charge in [0.25, 0.3) is 0 Å². The average Bonchev–Trinajstić information content (AvgIpc) is 3.59. The van der Waals surface area contributed by atoms with Crippen molar-refractivity contribution in [3.05, 3.63) is 53.3 Å². The van der Waals surface area contributed by atoms with E-state index in [2.05, 4.69) is 20.4 Å². The minimum Gasteiger partial charge on any atom is -0.480 e. The van der Waals surface area contributed by atoms with Crippen molar-refractivity contribution in [2.24, 2.45) is 5.41 Å². The van der Waals surface area contributed by atoms with Crippen LogP contribution in [-0.2, 0) is 9.53 Å². The zero-order valence-electron chi connectivity index (χ0n) is 25.2. The van der Waals surface area contributed by atoms with Crippen molar-refractivity contribution < 1.29 is 37.3 Å². The topological polar surface area (TPSA) is 158 Å². The molecule has 242 valence electrons. The standard InChI is InChI=1S/C30H36F3N7O5/c1-4-22-29(16-20(35-22)26(41)42)9-12-39(13-10-29)23-15-24(37-28(34)36-23)45-25(30(31,32)33)19-7-6-18(27(43)44-5-2)14-21(19)40-11-8-17(3)38-40/h6-8,11,14-15,20,22,25,35H,4-5,9-10,12-13,16H2,1-3H3,(H,41,42)(H2,34,36,37)/t20?,22?,25-/m1/s1. The molecule has 15 heteroatoms. The molecule has 45 heavy (non-hydrogen) atoms. The molecular formula is C30H36F3N7O5. The Balaban J connectivity index is 1.43. The van der Waals surface area contributed by atoms with E-state index in [4.69, 9.17) is 15.2 Å². The number of hydrogen-bond donors (Lipinski definition) is 3. The summed E-state index contributed by atoms with van der Waals surface area (Å²) < 4.78 is 55.9. The number of nitrogens with two attached hydrogens (primary N) is 1. The van der Waals surface area contributed by atoms with Gasteiger partial charge in [-0.1, -0.05) is 13.0 Å². The number of aryl methyl sites for hydroxylation is 1. The van der Waals surface area contributed by atoms with Gasteiger partial charge < -0.3 is 30.5 Å². The maximum Gasteiger partial charge on any atom is 0.429 e.